The second-order valence-electron chi connectivity index (χ2n) is 6.19. The molecule has 0 heterocycles. The van der Waals surface area contributed by atoms with E-state index in [4.69, 9.17) is 5.73 Å². The van der Waals surface area contributed by atoms with Gasteiger partial charge in [-0.05, 0) is 79.2 Å². The maximum Gasteiger partial charge on any atom is 0.0172 e. The molecular formula is C15H35N3. The van der Waals surface area contributed by atoms with Gasteiger partial charge >= 0.3 is 0 Å². The summed E-state index contributed by atoms with van der Waals surface area (Å²) in [7, 11) is 4.35. The van der Waals surface area contributed by atoms with Crippen LogP contribution in [0.5, 0.6) is 0 Å². The molecule has 0 aromatic carbocycles. The second kappa shape index (κ2) is 9.76. The Labute approximate surface area is 114 Å². The molecule has 1 atom stereocenters. The van der Waals surface area contributed by atoms with E-state index in [9.17, 15) is 0 Å². The molecular weight excluding hydrogens is 222 g/mol. The number of nitrogens with one attached hydrogen (secondary N) is 1. The molecule has 3 nitrogen and oxygen atoms in total. The van der Waals surface area contributed by atoms with Gasteiger partial charge in [-0.25, -0.2) is 0 Å². The molecule has 18 heavy (non-hydrogen) atoms. The number of rotatable bonds is 11. The van der Waals surface area contributed by atoms with E-state index in [1.54, 1.807) is 0 Å². The van der Waals surface area contributed by atoms with Gasteiger partial charge in [0.05, 0.1) is 0 Å². The van der Waals surface area contributed by atoms with Crippen LogP contribution in [0.3, 0.4) is 0 Å². The lowest BCUT2D eigenvalue weighted by Crippen LogP contribution is -2.44. The summed E-state index contributed by atoms with van der Waals surface area (Å²) < 4.78 is 0. The predicted molar refractivity (Wildman–Crippen MR) is 81.9 cm³/mol. The zero-order valence-electron chi connectivity index (χ0n) is 13.3. The van der Waals surface area contributed by atoms with Crippen LogP contribution in [0.2, 0.25) is 0 Å². The first-order chi connectivity index (χ1) is 8.42. The molecule has 1 unspecified atom stereocenters. The van der Waals surface area contributed by atoms with E-state index in [1.807, 2.05) is 0 Å². The first-order valence-corrected chi connectivity index (χ1v) is 7.51. The van der Waals surface area contributed by atoms with Gasteiger partial charge in [-0.15, -0.1) is 0 Å². The molecule has 0 aromatic rings. The van der Waals surface area contributed by atoms with Gasteiger partial charge in [-0.3, -0.25) is 0 Å². The largest absolute Gasteiger partial charge is 0.330 e. The molecule has 0 rings (SSSR count). The quantitative estimate of drug-likeness (QED) is 0.559. The monoisotopic (exact) mass is 257 g/mol. The summed E-state index contributed by atoms with van der Waals surface area (Å²) in [5.74, 6) is 0.728. The molecule has 0 aliphatic rings. The number of nitrogens with two attached hydrogens (primary N) is 1. The first-order valence-electron chi connectivity index (χ1n) is 7.51. The average molecular weight is 257 g/mol. The maximum atomic E-state index is 5.46. The van der Waals surface area contributed by atoms with E-state index in [0.717, 1.165) is 32.0 Å². The van der Waals surface area contributed by atoms with Crippen molar-refractivity contribution in [1.82, 2.24) is 10.2 Å². The standard InChI is InChI=1S/C15H35N3/c1-14(15(2,3)18(4)5)10-9-13-17-12-8-6-7-11-16/h14,17H,6-13,16H2,1-5H3. The van der Waals surface area contributed by atoms with Crippen LogP contribution >= 0.6 is 0 Å². The van der Waals surface area contributed by atoms with Gasteiger partial charge < -0.3 is 16.0 Å². The number of hydrogen-bond donors (Lipinski definition) is 2. The van der Waals surface area contributed by atoms with Crippen LogP contribution in [0.4, 0.5) is 0 Å². The Morgan fingerprint density at radius 1 is 1.06 bits per heavy atom. The van der Waals surface area contributed by atoms with E-state index >= 15 is 0 Å². The third-order valence-corrected chi connectivity index (χ3v) is 4.41. The van der Waals surface area contributed by atoms with Crippen molar-refractivity contribution in [1.29, 1.82) is 0 Å². The Morgan fingerprint density at radius 2 is 1.67 bits per heavy atom. The summed E-state index contributed by atoms with van der Waals surface area (Å²) in [6.45, 7) is 10.1. The summed E-state index contributed by atoms with van der Waals surface area (Å²) in [5.41, 5.74) is 5.76. The van der Waals surface area contributed by atoms with Crippen molar-refractivity contribution in [2.24, 2.45) is 11.7 Å². The van der Waals surface area contributed by atoms with Crippen LogP contribution in [0, 0.1) is 5.92 Å². The molecule has 0 amide bonds. The van der Waals surface area contributed by atoms with E-state index < -0.39 is 0 Å². The lowest BCUT2D eigenvalue weighted by atomic mass is 9.84. The highest BCUT2D eigenvalue weighted by Crippen LogP contribution is 2.25. The molecule has 0 radical (unpaired) electrons. The van der Waals surface area contributed by atoms with Crippen molar-refractivity contribution in [3.8, 4) is 0 Å². The van der Waals surface area contributed by atoms with Crippen molar-refractivity contribution in [2.45, 2.75) is 58.4 Å². The minimum Gasteiger partial charge on any atom is -0.330 e. The smallest absolute Gasteiger partial charge is 0.0172 e. The highest BCUT2D eigenvalue weighted by Gasteiger charge is 2.27. The van der Waals surface area contributed by atoms with Crippen LogP contribution in [-0.4, -0.2) is 44.2 Å². The van der Waals surface area contributed by atoms with E-state index in [1.165, 1.54) is 25.7 Å². The number of nitrogens with zero attached hydrogens (tertiary/aromatic N) is 1. The second-order valence-corrected chi connectivity index (χ2v) is 6.19. The van der Waals surface area contributed by atoms with Crippen molar-refractivity contribution in [2.75, 3.05) is 33.7 Å². The first kappa shape index (κ1) is 17.9. The van der Waals surface area contributed by atoms with Gasteiger partial charge in [0.1, 0.15) is 0 Å². The van der Waals surface area contributed by atoms with Gasteiger partial charge in [0, 0.05) is 5.54 Å². The lowest BCUT2D eigenvalue weighted by molar-refractivity contribution is 0.119. The molecule has 3 heteroatoms. The van der Waals surface area contributed by atoms with Crippen molar-refractivity contribution < 1.29 is 0 Å². The Balaban J connectivity index is 3.49. The lowest BCUT2D eigenvalue weighted by Gasteiger charge is -2.38. The average Bonchev–Trinajstić information content (AvgIpc) is 2.32. The summed E-state index contributed by atoms with van der Waals surface area (Å²) in [6, 6.07) is 0. The molecule has 0 bridgehead atoms. The Bertz CT molecular complexity index is 190. The summed E-state index contributed by atoms with van der Waals surface area (Å²) in [6.07, 6.45) is 6.25. The maximum absolute atomic E-state index is 5.46. The molecule has 3 N–H and O–H groups in total. The third kappa shape index (κ3) is 7.34. The molecule has 0 aromatic heterocycles. The Hall–Kier alpha value is -0.120. The highest BCUT2D eigenvalue weighted by atomic mass is 15.1. The summed E-state index contributed by atoms with van der Waals surface area (Å²) in [4.78, 5) is 2.33. The van der Waals surface area contributed by atoms with Crippen molar-refractivity contribution in [3.05, 3.63) is 0 Å². The molecule has 0 fully saturated rings. The summed E-state index contributed by atoms with van der Waals surface area (Å²) in [5, 5.41) is 3.53. The summed E-state index contributed by atoms with van der Waals surface area (Å²) >= 11 is 0. The normalized spacial score (nSPS) is 14.2. The molecule has 0 aliphatic carbocycles. The molecule has 110 valence electrons. The van der Waals surface area contributed by atoms with E-state index in [-0.39, 0.29) is 0 Å². The highest BCUT2D eigenvalue weighted by molar-refractivity contribution is 4.83. The van der Waals surface area contributed by atoms with Crippen molar-refractivity contribution >= 4 is 0 Å². The Kier molecular flexibility index (Phi) is 9.70. The van der Waals surface area contributed by atoms with Crippen LogP contribution in [-0.2, 0) is 0 Å². The fourth-order valence-corrected chi connectivity index (χ4v) is 2.02. The van der Waals surface area contributed by atoms with Gasteiger partial charge in [-0.2, -0.15) is 0 Å². The zero-order valence-corrected chi connectivity index (χ0v) is 13.3. The van der Waals surface area contributed by atoms with E-state index in [0.29, 0.717) is 5.54 Å². The molecule has 0 saturated carbocycles. The number of hydrogen-bond acceptors (Lipinski definition) is 3. The van der Waals surface area contributed by atoms with Crippen LogP contribution in [0.15, 0.2) is 0 Å². The van der Waals surface area contributed by atoms with Crippen LogP contribution in [0.1, 0.15) is 52.9 Å². The van der Waals surface area contributed by atoms with Gasteiger partial charge in [0.15, 0.2) is 0 Å². The minimum atomic E-state index is 0.293. The van der Waals surface area contributed by atoms with Crippen LogP contribution < -0.4 is 11.1 Å². The zero-order chi connectivity index (χ0) is 14.0. The van der Waals surface area contributed by atoms with Crippen molar-refractivity contribution in [3.63, 3.8) is 0 Å². The molecule has 0 saturated heterocycles. The van der Waals surface area contributed by atoms with Gasteiger partial charge in [0.25, 0.3) is 0 Å². The Morgan fingerprint density at radius 3 is 2.22 bits per heavy atom. The minimum absolute atomic E-state index is 0.293. The third-order valence-electron chi connectivity index (χ3n) is 4.41. The molecule has 0 aliphatic heterocycles. The predicted octanol–water partition coefficient (Wildman–Crippen LogP) is 2.46. The SMILES string of the molecule is CC(CCCNCCCCCN)C(C)(C)N(C)C. The topological polar surface area (TPSA) is 41.3 Å². The van der Waals surface area contributed by atoms with E-state index in [2.05, 4.69) is 45.1 Å². The molecule has 0 spiro atoms. The fourth-order valence-electron chi connectivity index (χ4n) is 2.02. The fraction of sp³-hybridized carbons (Fsp3) is 1.00. The van der Waals surface area contributed by atoms with Crippen LogP contribution in [0.25, 0.3) is 0 Å². The number of unbranched alkanes of at least 4 members (excludes halogenated alkanes) is 2. The van der Waals surface area contributed by atoms with Gasteiger partial charge in [0.2, 0.25) is 0 Å². The van der Waals surface area contributed by atoms with Gasteiger partial charge in [-0.1, -0.05) is 13.3 Å².